The number of hydrogen-bond acceptors (Lipinski definition) is 5. The first kappa shape index (κ1) is 14.2. The predicted octanol–water partition coefficient (Wildman–Crippen LogP) is 2.70. The molecule has 1 aliphatic rings. The molecule has 1 aliphatic heterocycles. The Morgan fingerprint density at radius 2 is 1.92 bits per heavy atom. The van der Waals surface area contributed by atoms with Crippen LogP contribution in [0.5, 0.6) is 0 Å². The molecule has 4 heterocycles. The maximum Gasteiger partial charge on any atom is 0.159 e. The van der Waals surface area contributed by atoms with Crippen LogP contribution in [0.2, 0.25) is 0 Å². The Kier molecular flexibility index (Phi) is 3.28. The van der Waals surface area contributed by atoms with Crippen LogP contribution in [0.25, 0.3) is 17.0 Å². The highest BCUT2D eigenvalue weighted by molar-refractivity contribution is 5.54. The van der Waals surface area contributed by atoms with Crippen molar-refractivity contribution >= 4 is 5.65 Å². The number of aromatic nitrogens is 5. The lowest BCUT2D eigenvalue weighted by atomic mass is 10.2. The molecule has 0 saturated carbocycles. The molecule has 0 fully saturated rings. The van der Waals surface area contributed by atoms with E-state index in [1.807, 2.05) is 42.7 Å². The second-order valence-electron chi connectivity index (χ2n) is 6.27. The van der Waals surface area contributed by atoms with E-state index in [9.17, 15) is 0 Å². The summed E-state index contributed by atoms with van der Waals surface area (Å²) in [5.41, 5.74) is 5.49. The standard InChI is InChI=1S/C19H16N6/c1-2-4-15(5-3-1)19-20-9-16-11-24(12-17(16)23-19)10-14-6-7-25-18(8-14)21-13-22-25/h1-9,13H,10-12H2. The second-order valence-corrected chi connectivity index (χ2v) is 6.27. The molecular weight excluding hydrogens is 312 g/mol. The third kappa shape index (κ3) is 2.66. The summed E-state index contributed by atoms with van der Waals surface area (Å²) >= 11 is 0. The molecule has 6 nitrogen and oxygen atoms in total. The molecule has 0 unspecified atom stereocenters. The molecule has 0 N–H and O–H groups in total. The van der Waals surface area contributed by atoms with Gasteiger partial charge in [0.15, 0.2) is 11.5 Å². The molecule has 122 valence electrons. The summed E-state index contributed by atoms with van der Waals surface area (Å²) in [4.78, 5) is 15.9. The largest absolute Gasteiger partial charge is 0.289 e. The zero-order valence-corrected chi connectivity index (χ0v) is 13.6. The van der Waals surface area contributed by atoms with Gasteiger partial charge in [0, 0.05) is 43.2 Å². The highest BCUT2D eigenvalue weighted by Gasteiger charge is 2.21. The van der Waals surface area contributed by atoms with E-state index in [4.69, 9.17) is 4.98 Å². The van der Waals surface area contributed by atoms with Crippen LogP contribution in [0.4, 0.5) is 0 Å². The molecule has 0 amide bonds. The van der Waals surface area contributed by atoms with Crippen LogP contribution in [0, 0.1) is 0 Å². The average molecular weight is 328 g/mol. The van der Waals surface area contributed by atoms with Crippen LogP contribution in [0.1, 0.15) is 16.8 Å². The molecule has 0 radical (unpaired) electrons. The summed E-state index contributed by atoms with van der Waals surface area (Å²) in [5.74, 6) is 0.797. The van der Waals surface area contributed by atoms with Gasteiger partial charge in [-0.15, -0.1) is 0 Å². The van der Waals surface area contributed by atoms with Gasteiger partial charge in [0.2, 0.25) is 0 Å². The van der Waals surface area contributed by atoms with E-state index in [2.05, 4.69) is 32.1 Å². The molecule has 5 rings (SSSR count). The van der Waals surface area contributed by atoms with E-state index in [0.717, 1.165) is 42.4 Å². The van der Waals surface area contributed by atoms with E-state index >= 15 is 0 Å². The van der Waals surface area contributed by atoms with Crippen LogP contribution in [-0.4, -0.2) is 29.5 Å². The van der Waals surface area contributed by atoms with Gasteiger partial charge >= 0.3 is 0 Å². The van der Waals surface area contributed by atoms with Crippen LogP contribution in [-0.2, 0) is 19.6 Å². The monoisotopic (exact) mass is 328 g/mol. The topological polar surface area (TPSA) is 59.2 Å². The zero-order chi connectivity index (χ0) is 16.6. The SMILES string of the molecule is c1ccc(-c2ncc3c(n2)CN(Cc2ccn4ncnc4c2)C3)cc1. The van der Waals surface area contributed by atoms with Crippen LogP contribution < -0.4 is 0 Å². The summed E-state index contributed by atoms with van der Waals surface area (Å²) < 4.78 is 1.78. The number of benzene rings is 1. The summed E-state index contributed by atoms with van der Waals surface area (Å²) in [7, 11) is 0. The molecule has 0 spiro atoms. The number of hydrogen-bond donors (Lipinski definition) is 0. The molecule has 0 aliphatic carbocycles. The van der Waals surface area contributed by atoms with Crippen molar-refractivity contribution in [3.05, 3.63) is 78.0 Å². The molecular formula is C19H16N6. The van der Waals surface area contributed by atoms with E-state index in [1.165, 1.54) is 11.1 Å². The molecule has 25 heavy (non-hydrogen) atoms. The number of nitrogens with zero attached hydrogens (tertiary/aromatic N) is 6. The van der Waals surface area contributed by atoms with Crippen molar-refractivity contribution in [1.82, 2.24) is 29.5 Å². The van der Waals surface area contributed by atoms with Gasteiger partial charge in [-0.05, 0) is 17.7 Å². The first-order chi connectivity index (χ1) is 12.3. The van der Waals surface area contributed by atoms with Crippen molar-refractivity contribution in [3.63, 3.8) is 0 Å². The lowest BCUT2D eigenvalue weighted by molar-refractivity contribution is 0.274. The molecule has 6 heteroatoms. The first-order valence-electron chi connectivity index (χ1n) is 8.26. The lowest BCUT2D eigenvalue weighted by Gasteiger charge is -2.14. The van der Waals surface area contributed by atoms with Crippen molar-refractivity contribution in [2.45, 2.75) is 19.6 Å². The first-order valence-corrected chi connectivity index (χ1v) is 8.26. The van der Waals surface area contributed by atoms with Gasteiger partial charge in [-0.25, -0.2) is 19.5 Å². The van der Waals surface area contributed by atoms with E-state index in [0.29, 0.717) is 0 Å². The lowest BCUT2D eigenvalue weighted by Crippen LogP contribution is -2.15. The molecule has 0 bridgehead atoms. The third-order valence-electron chi connectivity index (χ3n) is 4.50. The maximum atomic E-state index is 4.78. The van der Waals surface area contributed by atoms with Gasteiger partial charge in [-0.2, -0.15) is 5.10 Å². The fourth-order valence-corrected chi connectivity index (χ4v) is 3.27. The zero-order valence-electron chi connectivity index (χ0n) is 13.6. The minimum atomic E-state index is 0.797. The van der Waals surface area contributed by atoms with E-state index in [-0.39, 0.29) is 0 Å². The van der Waals surface area contributed by atoms with E-state index in [1.54, 1.807) is 10.8 Å². The normalized spacial score (nSPS) is 14.1. The van der Waals surface area contributed by atoms with Gasteiger partial charge in [0.25, 0.3) is 0 Å². The Morgan fingerprint density at radius 1 is 1.00 bits per heavy atom. The molecule has 4 aromatic rings. The van der Waals surface area contributed by atoms with Crippen LogP contribution in [0.3, 0.4) is 0 Å². The van der Waals surface area contributed by atoms with Gasteiger partial charge < -0.3 is 0 Å². The third-order valence-corrected chi connectivity index (χ3v) is 4.50. The summed E-state index contributed by atoms with van der Waals surface area (Å²) in [5, 5.41) is 4.14. The van der Waals surface area contributed by atoms with Gasteiger partial charge in [0.1, 0.15) is 6.33 Å². The number of fused-ring (bicyclic) bond motifs is 2. The van der Waals surface area contributed by atoms with Gasteiger partial charge in [-0.3, -0.25) is 4.90 Å². The highest BCUT2D eigenvalue weighted by Crippen LogP contribution is 2.25. The molecule has 1 aromatic carbocycles. The predicted molar refractivity (Wildman–Crippen MR) is 93.4 cm³/mol. The Balaban J connectivity index is 1.37. The van der Waals surface area contributed by atoms with Gasteiger partial charge in [0.05, 0.1) is 5.69 Å². The average Bonchev–Trinajstić information content (AvgIpc) is 3.27. The number of pyridine rings is 1. The highest BCUT2D eigenvalue weighted by atomic mass is 15.3. The molecule has 0 saturated heterocycles. The fraction of sp³-hybridized carbons (Fsp3) is 0.158. The van der Waals surface area contributed by atoms with Gasteiger partial charge in [-0.1, -0.05) is 30.3 Å². The van der Waals surface area contributed by atoms with Crippen molar-refractivity contribution in [3.8, 4) is 11.4 Å². The minimum Gasteiger partial charge on any atom is -0.289 e. The summed E-state index contributed by atoms with van der Waals surface area (Å²) in [6, 6.07) is 14.3. The van der Waals surface area contributed by atoms with E-state index < -0.39 is 0 Å². The quantitative estimate of drug-likeness (QED) is 0.579. The van der Waals surface area contributed by atoms with Crippen LogP contribution in [0.15, 0.2) is 61.2 Å². The van der Waals surface area contributed by atoms with Crippen molar-refractivity contribution in [2.75, 3.05) is 0 Å². The summed E-state index contributed by atoms with van der Waals surface area (Å²) in [6.07, 6.45) is 5.49. The van der Waals surface area contributed by atoms with Crippen LogP contribution >= 0.6 is 0 Å². The second kappa shape index (κ2) is 5.75. The minimum absolute atomic E-state index is 0.797. The Bertz CT molecular complexity index is 1040. The molecule has 3 aromatic heterocycles. The maximum absolute atomic E-state index is 4.78. The Labute approximate surface area is 144 Å². The van der Waals surface area contributed by atoms with Crippen molar-refractivity contribution in [2.24, 2.45) is 0 Å². The summed E-state index contributed by atoms with van der Waals surface area (Å²) in [6.45, 7) is 2.58. The smallest absolute Gasteiger partial charge is 0.159 e. The fourth-order valence-electron chi connectivity index (χ4n) is 3.27. The molecule has 0 atom stereocenters. The van der Waals surface area contributed by atoms with Crippen molar-refractivity contribution < 1.29 is 0 Å². The Hall–Kier alpha value is -3.12. The number of rotatable bonds is 3. The Morgan fingerprint density at radius 3 is 2.84 bits per heavy atom. The van der Waals surface area contributed by atoms with Crippen molar-refractivity contribution in [1.29, 1.82) is 0 Å².